The number of amides is 1. The Morgan fingerprint density at radius 3 is 1.89 bits per heavy atom. The summed E-state index contributed by atoms with van der Waals surface area (Å²) in [6, 6.07) is 0. The minimum atomic E-state index is -0.244. The number of rotatable bonds is 0. The van der Waals surface area contributed by atoms with Crippen molar-refractivity contribution in [2.75, 3.05) is 19.6 Å². The maximum Gasteiger partial charge on any atom is 0.410 e. The van der Waals surface area contributed by atoms with Gasteiger partial charge in [0.25, 0.3) is 0 Å². The first-order valence-corrected chi connectivity index (χ1v) is 7.29. The molecule has 2 saturated heterocycles. The molecule has 0 saturated carbocycles. The third-order valence-corrected chi connectivity index (χ3v) is 4.40. The van der Waals surface area contributed by atoms with Crippen molar-refractivity contribution in [2.45, 2.75) is 71.1 Å². The second kappa shape index (κ2) is 4.37. The van der Waals surface area contributed by atoms with Gasteiger partial charge < -0.3 is 4.74 Å². The Balaban J connectivity index is 2.03. The van der Waals surface area contributed by atoms with E-state index in [1.165, 1.54) is 0 Å². The molecule has 0 aliphatic carbocycles. The molecule has 2 heterocycles. The van der Waals surface area contributed by atoms with E-state index in [0.29, 0.717) is 0 Å². The fraction of sp³-hybridized carbons (Fsp3) is 0.933. The Kier molecular flexibility index (Phi) is 3.37. The highest BCUT2D eigenvalue weighted by molar-refractivity contribution is 5.71. The second-order valence-electron chi connectivity index (χ2n) is 7.97. The third kappa shape index (κ3) is 2.88. The smallest absolute Gasteiger partial charge is 0.410 e. The largest absolute Gasteiger partial charge is 0.441 e. The summed E-state index contributed by atoms with van der Waals surface area (Å²) in [5, 5.41) is 0. The molecule has 19 heavy (non-hydrogen) atoms. The highest BCUT2D eigenvalue weighted by Gasteiger charge is 2.50. The minimum absolute atomic E-state index is 0.142. The summed E-state index contributed by atoms with van der Waals surface area (Å²) in [5.74, 6) is 0. The number of carbonyl (C=O) groups excluding carboxylic acids is 1. The van der Waals surface area contributed by atoms with Crippen LogP contribution in [-0.4, -0.2) is 52.2 Å². The van der Waals surface area contributed by atoms with Crippen LogP contribution in [0.2, 0.25) is 0 Å². The summed E-state index contributed by atoms with van der Waals surface area (Å²) >= 11 is 0. The van der Waals surface area contributed by atoms with Crippen molar-refractivity contribution >= 4 is 6.09 Å². The van der Waals surface area contributed by atoms with E-state index < -0.39 is 0 Å². The summed E-state index contributed by atoms with van der Waals surface area (Å²) in [4.78, 5) is 16.4. The summed E-state index contributed by atoms with van der Waals surface area (Å²) in [6.45, 7) is 15.7. The molecule has 0 bridgehead atoms. The molecular weight excluding hydrogens is 240 g/mol. The molecule has 4 heteroatoms. The van der Waals surface area contributed by atoms with E-state index in [2.05, 4.69) is 46.4 Å². The number of nitrogens with zero attached hydrogens (tertiary/aromatic N) is 2. The molecule has 0 aromatic heterocycles. The van der Waals surface area contributed by atoms with Crippen LogP contribution in [0.15, 0.2) is 0 Å². The van der Waals surface area contributed by atoms with Crippen LogP contribution in [0.1, 0.15) is 54.4 Å². The lowest BCUT2D eigenvalue weighted by Crippen LogP contribution is -2.53. The van der Waals surface area contributed by atoms with Crippen molar-refractivity contribution < 1.29 is 9.53 Å². The summed E-state index contributed by atoms with van der Waals surface area (Å²) in [6.07, 6.45) is 1.75. The number of likely N-dealkylation sites (tertiary alicyclic amines) is 1. The number of hydrogen-bond donors (Lipinski definition) is 0. The van der Waals surface area contributed by atoms with Gasteiger partial charge in [0.05, 0.1) is 6.54 Å². The van der Waals surface area contributed by atoms with E-state index in [-0.39, 0.29) is 22.8 Å². The molecule has 1 spiro atoms. The molecule has 2 aliphatic rings. The van der Waals surface area contributed by atoms with Crippen LogP contribution in [-0.2, 0) is 4.74 Å². The van der Waals surface area contributed by atoms with Gasteiger partial charge in [-0.1, -0.05) is 0 Å². The van der Waals surface area contributed by atoms with Gasteiger partial charge >= 0.3 is 6.09 Å². The lowest BCUT2D eigenvalue weighted by atomic mass is 9.88. The molecule has 2 fully saturated rings. The number of hydrogen-bond acceptors (Lipinski definition) is 3. The molecule has 2 aliphatic heterocycles. The highest BCUT2D eigenvalue weighted by Crippen LogP contribution is 2.37. The van der Waals surface area contributed by atoms with Crippen LogP contribution in [0.4, 0.5) is 4.79 Å². The summed E-state index contributed by atoms with van der Waals surface area (Å²) in [7, 11) is 0. The predicted octanol–water partition coefficient (Wildman–Crippen LogP) is 2.87. The van der Waals surface area contributed by atoms with E-state index in [9.17, 15) is 4.79 Å². The van der Waals surface area contributed by atoms with Crippen molar-refractivity contribution in [3.63, 3.8) is 0 Å². The molecule has 0 N–H and O–H groups in total. The van der Waals surface area contributed by atoms with Crippen LogP contribution in [0.25, 0.3) is 0 Å². The Labute approximate surface area is 117 Å². The zero-order valence-electron chi connectivity index (χ0n) is 13.2. The van der Waals surface area contributed by atoms with Gasteiger partial charge in [-0.25, -0.2) is 4.79 Å². The van der Waals surface area contributed by atoms with Crippen LogP contribution >= 0.6 is 0 Å². The zero-order chi connectivity index (χ0) is 14.5. The van der Waals surface area contributed by atoms with Gasteiger partial charge in [0.1, 0.15) is 5.60 Å². The number of carbonyl (C=O) groups is 1. The van der Waals surface area contributed by atoms with Crippen molar-refractivity contribution in [1.82, 2.24) is 9.80 Å². The standard InChI is InChI=1S/C15H28N2O2/c1-13(2,3)16-9-7-15(8-10-16)11-17(12(18)19-15)14(4,5)6/h7-11H2,1-6H3. The molecule has 0 unspecified atom stereocenters. The zero-order valence-corrected chi connectivity index (χ0v) is 13.2. The summed E-state index contributed by atoms with van der Waals surface area (Å²) in [5.41, 5.74) is -0.193. The van der Waals surface area contributed by atoms with E-state index in [1.807, 2.05) is 4.90 Å². The first kappa shape index (κ1) is 14.6. The third-order valence-electron chi connectivity index (χ3n) is 4.40. The van der Waals surface area contributed by atoms with Crippen molar-refractivity contribution in [3.8, 4) is 0 Å². The molecule has 110 valence electrons. The van der Waals surface area contributed by atoms with Gasteiger partial charge in [-0.2, -0.15) is 0 Å². The molecule has 4 nitrogen and oxygen atoms in total. The highest BCUT2D eigenvalue weighted by atomic mass is 16.6. The SMILES string of the molecule is CC(C)(C)N1CCC2(CC1)CN(C(C)(C)C)C(=O)O2. The quantitative estimate of drug-likeness (QED) is 0.677. The first-order valence-electron chi connectivity index (χ1n) is 7.29. The van der Waals surface area contributed by atoms with Crippen molar-refractivity contribution in [2.24, 2.45) is 0 Å². The average Bonchev–Trinajstić information content (AvgIpc) is 2.54. The van der Waals surface area contributed by atoms with E-state index >= 15 is 0 Å². The Hall–Kier alpha value is -0.770. The van der Waals surface area contributed by atoms with Crippen molar-refractivity contribution in [3.05, 3.63) is 0 Å². The second-order valence-corrected chi connectivity index (χ2v) is 7.97. The van der Waals surface area contributed by atoms with Crippen LogP contribution in [0.3, 0.4) is 0 Å². The van der Waals surface area contributed by atoms with Gasteiger partial charge in [0.15, 0.2) is 0 Å². The van der Waals surface area contributed by atoms with E-state index in [4.69, 9.17) is 4.74 Å². The predicted molar refractivity (Wildman–Crippen MR) is 76.2 cm³/mol. The van der Waals surface area contributed by atoms with Crippen LogP contribution in [0.5, 0.6) is 0 Å². The molecule has 0 aromatic carbocycles. The Morgan fingerprint density at radius 1 is 1.00 bits per heavy atom. The fourth-order valence-corrected chi connectivity index (χ4v) is 2.98. The van der Waals surface area contributed by atoms with Gasteiger partial charge in [-0.05, 0) is 41.5 Å². The van der Waals surface area contributed by atoms with Gasteiger partial charge in [-0.3, -0.25) is 9.80 Å². The molecular formula is C15H28N2O2. The van der Waals surface area contributed by atoms with Gasteiger partial charge in [0.2, 0.25) is 0 Å². The Bertz CT molecular complexity index is 357. The van der Waals surface area contributed by atoms with E-state index in [0.717, 1.165) is 32.5 Å². The molecule has 2 rings (SSSR count). The maximum atomic E-state index is 12.1. The lowest BCUT2D eigenvalue weighted by Gasteiger charge is -2.44. The normalized spacial score (nSPS) is 24.9. The average molecular weight is 268 g/mol. The monoisotopic (exact) mass is 268 g/mol. The Morgan fingerprint density at radius 2 is 1.53 bits per heavy atom. The van der Waals surface area contributed by atoms with Crippen molar-refractivity contribution in [1.29, 1.82) is 0 Å². The van der Waals surface area contributed by atoms with Crippen LogP contribution in [0, 0.1) is 0 Å². The molecule has 0 radical (unpaired) electrons. The minimum Gasteiger partial charge on any atom is -0.441 e. The molecule has 0 aromatic rings. The fourth-order valence-electron chi connectivity index (χ4n) is 2.98. The first-order chi connectivity index (χ1) is 8.54. The molecule has 0 atom stereocenters. The lowest BCUT2D eigenvalue weighted by molar-refractivity contribution is -0.0223. The maximum absolute atomic E-state index is 12.1. The van der Waals surface area contributed by atoms with Gasteiger partial charge in [-0.15, -0.1) is 0 Å². The number of piperidine rings is 1. The topological polar surface area (TPSA) is 32.8 Å². The number of ether oxygens (including phenoxy) is 1. The van der Waals surface area contributed by atoms with Crippen LogP contribution < -0.4 is 0 Å². The molecule has 1 amide bonds. The van der Waals surface area contributed by atoms with E-state index in [1.54, 1.807) is 0 Å². The van der Waals surface area contributed by atoms with Gasteiger partial charge in [0, 0.05) is 37.0 Å². The summed E-state index contributed by atoms with van der Waals surface area (Å²) < 4.78 is 5.75.